The van der Waals surface area contributed by atoms with E-state index in [1.807, 2.05) is 11.8 Å². The summed E-state index contributed by atoms with van der Waals surface area (Å²) in [5.41, 5.74) is 0. The van der Waals surface area contributed by atoms with Crippen molar-refractivity contribution >= 4 is 41.3 Å². The van der Waals surface area contributed by atoms with Crippen molar-refractivity contribution in [2.45, 2.75) is 5.25 Å². The highest BCUT2D eigenvalue weighted by molar-refractivity contribution is 8.09. The molecule has 0 aromatic heterocycles. The second-order valence-electron chi connectivity index (χ2n) is 1.75. The Kier molecular flexibility index (Phi) is 3.15. The monoisotopic (exact) mass is 179 g/mol. The Bertz CT molecular complexity index is 109. The highest BCUT2D eigenvalue weighted by Crippen LogP contribution is 2.25. The van der Waals surface area contributed by atoms with Crippen LogP contribution in [0.3, 0.4) is 0 Å². The van der Waals surface area contributed by atoms with Crippen LogP contribution in [0.4, 0.5) is 0 Å². The minimum Gasteiger partial charge on any atom is -0.281 e. The van der Waals surface area contributed by atoms with E-state index in [0.29, 0.717) is 0 Å². The van der Waals surface area contributed by atoms with Crippen molar-refractivity contribution in [3.63, 3.8) is 0 Å². The van der Waals surface area contributed by atoms with Crippen LogP contribution >= 0.6 is 36.2 Å². The first-order valence-electron chi connectivity index (χ1n) is 2.71. The maximum Gasteiger partial charge on any atom is 0.232 e. The third-order valence-electron chi connectivity index (χ3n) is 1.08. The van der Waals surface area contributed by atoms with E-state index >= 15 is 0 Å². The van der Waals surface area contributed by atoms with Gasteiger partial charge in [0.05, 0.1) is 5.25 Å². The molecule has 0 N–H and O–H groups in total. The molecule has 51 valence electrons. The maximum atomic E-state index is 10.6. The van der Waals surface area contributed by atoms with Crippen LogP contribution in [0.25, 0.3) is 0 Å². The molecule has 0 aromatic carbocycles. The van der Waals surface area contributed by atoms with E-state index in [9.17, 15) is 4.79 Å². The number of rotatable bonds is 1. The van der Waals surface area contributed by atoms with E-state index < -0.39 is 0 Å². The topological polar surface area (TPSA) is 17.1 Å². The first-order valence-corrected chi connectivity index (χ1v) is 5.32. The van der Waals surface area contributed by atoms with Crippen LogP contribution in [-0.2, 0) is 4.79 Å². The molecular formula is C5H7OS3. The molecule has 0 saturated carbocycles. The van der Waals surface area contributed by atoms with Crippen molar-refractivity contribution in [1.29, 1.82) is 0 Å². The lowest BCUT2D eigenvalue weighted by Crippen LogP contribution is -2.19. The average Bonchev–Trinajstić information content (AvgIpc) is 1.90. The number of carbonyl (C=O) groups excluding carboxylic acids is 1. The summed E-state index contributed by atoms with van der Waals surface area (Å²) in [7, 11) is 0. The van der Waals surface area contributed by atoms with Gasteiger partial charge in [-0.05, 0) is 12.6 Å². The molecule has 0 amide bonds. The van der Waals surface area contributed by atoms with E-state index in [2.05, 4.69) is 12.6 Å². The zero-order valence-electron chi connectivity index (χ0n) is 4.83. The summed E-state index contributed by atoms with van der Waals surface area (Å²) in [5, 5.41) is 0.0333. The molecule has 1 rings (SSSR count). The van der Waals surface area contributed by atoms with Crippen LogP contribution in [0.15, 0.2) is 0 Å². The molecule has 4 heteroatoms. The molecule has 0 aromatic rings. The lowest BCUT2D eigenvalue weighted by molar-refractivity contribution is -0.110. The smallest absolute Gasteiger partial charge is 0.232 e. The fourth-order valence-corrected chi connectivity index (χ4v) is 3.50. The molecule has 0 aliphatic carbocycles. The van der Waals surface area contributed by atoms with Crippen LogP contribution < -0.4 is 0 Å². The minimum absolute atomic E-state index is 0.0767. The van der Waals surface area contributed by atoms with Crippen molar-refractivity contribution in [1.82, 2.24) is 0 Å². The second-order valence-corrected chi connectivity index (χ2v) is 4.62. The van der Waals surface area contributed by atoms with E-state index in [1.165, 1.54) is 5.75 Å². The molecule has 9 heavy (non-hydrogen) atoms. The molecule has 1 atom stereocenters. The van der Waals surface area contributed by atoms with Crippen molar-refractivity contribution < 1.29 is 4.79 Å². The van der Waals surface area contributed by atoms with Crippen LogP contribution in [0.2, 0.25) is 0 Å². The summed E-state index contributed by atoms with van der Waals surface area (Å²) < 4.78 is 0. The molecule has 1 nitrogen and oxygen atoms in total. The largest absolute Gasteiger partial charge is 0.281 e. The van der Waals surface area contributed by atoms with E-state index in [1.54, 1.807) is 11.8 Å². The van der Waals surface area contributed by atoms with Gasteiger partial charge >= 0.3 is 0 Å². The average molecular weight is 179 g/mol. The summed E-state index contributed by atoms with van der Waals surface area (Å²) in [4.78, 5) is 10.6. The van der Waals surface area contributed by atoms with Crippen molar-refractivity contribution in [3.8, 4) is 0 Å². The van der Waals surface area contributed by atoms with Crippen molar-refractivity contribution in [2.75, 3.05) is 17.3 Å². The lowest BCUT2D eigenvalue weighted by Gasteiger charge is -2.16. The Hall–Kier alpha value is 0.590. The fraction of sp³-hybridized carbons (Fsp3) is 0.800. The standard InChI is InChI=1S/C5H7OS3/c6-5(7)4-3-8-1-2-9-4/h4H,1-3H2. The third kappa shape index (κ3) is 2.35. The highest BCUT2D eigenvalue weighted by atomic mass is 32.2. The van der Waals surface area contributed by atoms with Crippen LogP contribution in [0, 0.1) is 0 Å². The third-order valence-corrected chi connectivity index (χ3v) is 4.27. The Balaban J connectivity index is 2.31. The van der Waals surface area contributed by atoms with Gasteiger partial charge in [0.15, 0.2) is 0 Å². The van der Waals surface area contributed by atoms with Gasteiger partial charge in [0.2, 0.25) is 5.12 Å². The Morgan fingerprint density at radius 2 is 2.33 bits per heavy atom. The SMILES string of the molecule is O=C([S])C1CSCCS1. The Morgan fingerprint density at radius 1 is 1.56 bits per heavy atom. The lowest BCUT2D eigenvalue weighted by atomic mass is 10.5. The first-order chi connectivity index (χ1) is 4.30. The zero-order valence-corrected chi connectivity index (χ0v) is 7.28. The number of thioether (sulfide) groups is 2. The van der Waals surface area contributed by atoms with Gasteiger partial charge < -0.3 is 0 Å². The van der Waals surface area contributed by atoms with Gasteiger partial charge in [0.1, 0.15) is 0 Å². The van der Waals surface area contributed by atoms with Crippen LogP contribution in [0.5, 0.6) is 0 Å². The van der Waals surface area contributed by atoms with Crippen LogP contribution in [-0.4, -0.2) is 27.6 Å². The van der Waals surface area contributed by atoms with Gasteiger partial charge in [0, 0.05) is 17.3 Å². The summed E-state index contributed by atoms with van der Waals surface area (Å²) in [6.45, 7) is 0. The summed E-state index contributed by atoms with van der Waals surface area (Å²) in [6, 6.07) is 0. The Labute approximate surface area is 68.8 Å². The van der Waals surface area contributed by atoms with Crippen molar-refractivity contribution in [2.24, 2.45) is 0 Å². The highest BCUT2D eigenvalue weighted by Gasteiger charge is 2.19. The Morgan fingerprint density at radius 3 is 2.67 bits per heavy atom. The predicted molar refractivity (Wildman–Crippen MR) is 46.2 cm³/mol. The predicted octanol–water partition coefficient (Wildman–Crippen LogP) is 1.56. The fourth-order valence-electron chi connectivity index (χ4n) is 0.624. The normalized spacial score (nSPS) is 27.8. The van der Waals surface area contributed by atoms with Gasteiger partial charge in [-0.3, -0.25) is 4.79 Å². The van der Waals surface area contributed by atoms with E-state index in [4.69, 9.17) is 0 Å². The quantitative estimate of drug-likeness (QED) is 0.608. The summed E-state index contributed by atoms with van der Waals surface area (Å²) in [5.74, 6) is 3.18. The summed E-state index contributed by atoms with van der Waals surface area (Å²) >= 11 is 8.05. The number of carbonyl (C=O) groups is 1. The zero-order chi connectivity index (χ0) is 6.69. The van der Waals surface area contributed by atoms with Crippen molar-refractivity contribution in [3.05, 3.63) is 0 Å². The number of hydrogen-bond acceptors (Lipinski definition) is 3. The van der Waals surface area contributed by atoms with Gasteiger partial charge in [-0.25, -0.2) is 0 Å². The van der Waals surface area contributed by atoms with Gasteiger partial charge in [0.25, 0.3) is 0 Å². The van der Waals surface area contributed by atoms with Gasteiger partial charge in [-0.1, -0.05) is 0 Å². The molecule has 0 spiro atoms. The molecule has 1 unspecified atom stereocenters. The van der Waals surface area contributed by atoms with Gasteiger partial charge in [-0.2, -0.15) is 11.8 Å². The first kappa shape index (κ1) is 7.69. The minimum atomic E-state index is -0.0767. The molecule has 1 saturated heterocycles. The van der Waals surface area contributed by atoms with Crippen LogP contribution in [0.1, 0.15) is 0 Å². The van der Waals surface area contributed by atoms with Gasteiger partial charge in [-0.15, -0.1) is 11.8 Å². The second kappa shape index (κ2) is 3.68. The van der Waals surface area contributed by atoms with E-state index in [0.717, 1.165) is 11.5 Å². The summed E-state index contributed by atoms with van der Waals surface area (Å²) in [6.07, 6.45) is 0. The molecule has 1 aliphatic heterocycles. The maximum absolute atomic E-state index is 10.6. The molecule has 1 aliphatic rings. The molecular weight excluding hydrogens is 172 g/mol. The molecule has 1 fully saturated rings. The number of hydrogen-bond donors (Lipinski definition) is 0. The molecule has 0 bridgehead atoms. The van der Waals surface area contributed by atoms with E-state index in [-0.39, 0.29) is 10.4 Å². The molecule has 1 radical (unpaired) electrons. The molecule has 1 heterocycles.